The lowest BCUT2D eigenvalue weighted by atomic mass is 10.1. The van der Waals surface area contributed by atoms with E-state index >= 15 is 0 Å². The van der Waals surface area contributed by atoms with Crippen molar-refractivity contribution >= 4 is 33.1 Å². The van der Waals surface area contributed by atoms with Gasteiger partial charge in [-0.1, -0.05) is 0 Å². The maximum atomic E-state index is 12.6. The van der Waals surface area contributed by atoms with Gasteiger partial charge in [0.1, 0.15) is 16.3 Å². The fraction of sp³-hybridized carbons (Fsp3) is 0.312. The number of aryl methyl sites for hydroxylation is 1. The second-order valence-electron chi connectivity index (χ2n) is 5.76. The first-order valence-corrected chi connectivity index (χ1v) is 8.47. The molecule has 0 atom stereocenters. The highest BCUT2D eigenvalue weighted by atomic mass is 32.1. The average Bonchev–Trinajstić information content (AvgIpc) is 3.15. The van der Waals surface area contributed by atoms with Gasteiger partial charge in [-0.2, -0.15) is 5.10 Å². The molecule has 0 bridgehead atoms. The fourth-order valence-corrected chi connectivity index (χ4v) is 4.17. The van der Waals surface area contributed by atoms with Gasteiger partial charge in [-0.05, 0) is 12.8 Å². The van der Waals surface area contributed by atoms with E-state index in [0.717, 1.165) is 34.2 Å². The maximum absolute atomic E-state index is 12.6. The van der Waals surface area contributed by atoms with Crippen molar-refractivity contribution in [3.05, 3.63) is 28.3 Å². The van der Waals surface area contributed by atoms with Gasteiger partial charge in [-0.25, -0.2) is 0 Å². The van der Waals surface area contributed by atoms with Crippen molar-refractivity contribution in [3.63, 3.8) is 0 Å². The first kappa shape index (κ1) is 14.9. The number of amides is 1. The van der Waals surface area contributed by atoms with Crippen LogP contribution in [0.5, 0.6) is 5.75 Å². The lowest BCUT2D eigenvalue weighted by Crippen LogP contribution is -2.27. The summed E-state index contributed by atoms with van der Waals surface area (Å²) in [6.45, 7) is 2.05. The zero-order chi connectivity index (χ0) is 16.8. The highest BCUT2D eigenvalue weighted by Crippen LogP contribution is 2.47. The first-order valence-electron chi connectivity index (χ1n) is 7.66. The number of anilines is 1. The molecule has 0 unspecified atom stereocenters. The first-order chi connectivity index (χ1) is 11.6. The zero-order valence-electron chi connectivity index (χ0n) is 13.3. The monoisotopic (exact) mass is 344 g/mol. The molecule has 0 fully saturated rings. The average molecular weight is 344 g/mol. The van der Waals surface area contributed by atoms with Gasteiger partial charge in [0.2, 0.25) is 5.91 Å². The van der Waals surface area contributed by atoms with Crippen LogP contribution >= 0.6 is 11.3 Å². The number of aromatic nitrogens is 3. The van der Waals surface area contributed by atoms with Crippen molar-refractivity contribution in [3.8, 4) is 16.2 Å². The molecule has 24 heavy (non-hydrogen) atoms. The molecule has 2 N–H and O–H groups in total. The van der Waals surface area contributed by atoms with Crippen LogP contribution in [-0.4, -0.2) is 34.7 Å². The number of thiophene rings is 1. The molecule has 4 heterocycles. The third-order valence-corrected chi connectivity index (χ3v) is 5.49. The third-order valence-electron chi connectivity index (χ3n) is 4.28. The molecule has 0 spiro atoms. The predicted octanol–water partition coefficient (Wildman–Crippen LogP) is 2.29. The SMILES string of the molecule is CC(=O)N(C)c1[nH]c(=O)c2sc(-c3cn[nH]c3)c3c2c1CCCO3. The summed E-state index contributed by atoms with van der Waals surface area (Å²) in [6, 6.07) is 0. The van der Waals surface area contributed by atoms with Crippen LogP contribution in [0.25, 0.3) is 20.5 Å². The Balaban J connectivity index is 2.08. The number of carbonyl (C=O) groups is 1. The highest BCUT2D eigenvalue weighted by molar-refractivity contribution is 7.22. The Morgan fingerprint density at radius 2 is 2.29 bits per heavy atom. The third kappa shape index (κ3) is 2.14. The Kier molecular flexibility index (Phi) is 3.42. The van der Waals surface area contributed by atoms with Crippen LogP contribution in [-0.2, 0) is 11.2 Å². The standard InChI is InChI=1S/C16H16N4O3S/c1-8(21)20(2)15-10-4-3-5-23-12-11(10)14(16(22)19-15)24-13(12)9-6-17-18-7-9/h6-7H,3-5H2,1-2H3,(H,17,18)(H,19,22). The van der Waals surface area contributed by atoms with Crippen LogP contribution in [0.4, 0.5) is 5.82 Å². The second kappa shape index (κ2) is 5.48. The molecular formula is C16H16N4O3S. The van der Waals surface area contributed by atoms with E-state index in [1.54, 1.807) is 19.4 Å². The number of nitrogens with zero attached hydrogens (tertiary/aromatic N) is 2. The van der Waals surface area contributed by atoms with E-state index in [1.807, 2.05) is 0 Å². The Bertz CT molecular complexity index is 987. The quantitative estimate of drug-likeness (QED) is 0.746. The van der Waals surface area contributed by atoms with Gasteiger partial charge in [-0.15, -0.1) is 11.3 Å². The number of hydrogen-bond acceptors (Lipinski definition) is 5. The summed E-state index contributed by atoms with van der Waals surface area (Å²) in [4.78, 5) is 29.7. The summed E-state index contributed by atoms with van der Waals surface area (Å²) in [5.41, 5.74) is 1.64. The van der Waals surface area contributed by atoms with Crippen molar-refractivity contribution in [2.75, 3.05) is 18.6 Å². The number of aromatic amines is 2. The van der Waals surface area contributed by atoms with Crippen LogP contribution in [0, 0.1) is 0 Å². The molecule has 4 rings (SSSR count). The number of pyridine rings is 1. The van der Waals surface area contributed by atoms with Gasteiger partial charge in [0.05, 0.1) is 17.7 Å². The largest absolute Gasteiger partial charge is 0.491 e. The lowest BCUT2D eigenvalue weighted by Gasteiger charge is -2.18. The Morgan fingerprint density at radius 1 is 1.46 bits per heavy atom. The fourth-order valence-electron chi connectivity index (χ4n) is 3.02. The van der Waals surface area contributed by atoms with E-state index in [1.165, 1.54) is 23.2 Å². The van der Waals surface area contributed by atoms with E-state index in [-0.39, 0.29) is 11.5 Å². The summed E-state index contributed by atoms with van der Waals surface area (Å²) < 4.78 is 6.60. The molecule has 124 valence electrons. The maximum Gasteiger partial charge on any atom is 0.267 e. The summed E-state index contributed by atoms with van der Waals surface area (Å²) >= 11 is 1.39. The Hall–Kier alpha value is -2.61. The number of rotatable bonds is 2. The van der Waals surface area contributed by atoms with Gasteiger partial charge < -0.3 is 14.6 Å². The van der Waals surface area contributed by atoms with Crippen molar-refractivity contribution in [1.29, 1.82) is 0 Å². The smallest absolute Gasteiger partial charge is 0.267 e. The van der Waals surface area contributed by atoms with Crippen molar-refractivity contribution in [1.82, 2.24) is 15.2 Å². The van der Waals surface area contributed by atoms with Crippen molar-refractivity contribution in [2.24, 2.45) is 0 Å². The molecule has 1 aliphatic rings. The molecule has 1 aliphatic heterocycles. The summed E-state index contributed by atoms with van der Waals surface area (Å²) in [6.07, 6.45) is 5.07. The number of carbonyl (C=O) groups excluding carboxylic acids is 1. The molecule has 0 saturated carbocycles. The molecule has 7 nitrogen and oxygen atoms in total. The zero-order valence-corrected chi connectivity index (χ0v) is 14.1. The van der Waals surface area contributed by atoms with Crippen molar-refractivity contribution < 1.29 is 9.53 Å². The summed E-state index contributed by atoms with van der Waals surface area (Å²) in [5, 5.41) is 7.60. The van der Waals surface area contributed by atoms with Crippen molar-refractivity contribution in [2.45, 2.75) is 19.8 Å². The molecule has 0 radical (unpaired) electrons. The van der Waals surface area contributed by atoms with Gasteiger partial charge in [0.15, 0.2) is 0 Å². The van der Waals surface area contributed by atoms with E-state index < -0.39 is 0 Å². The molecule has 3 aromatic rings. The van der Waals surface area contributed by atoms with Crippen LogP contribution in [0.15, 0.2) is 17.2 Å². The van der Waals surface area contributed by atoms with Gasteiger partial charge in [0, 0.05) is 36.7 Å². The summed E-state index contributed by atoms with van der Waals surface area (Å²) in [7, 11) is 1.67. The van der Waals surface area contributed by atoms with Gasteiger partial charge in [0.25, 0.3) is 5.56 Å². The molecule has 3 aromatic heterocycles. The van der Waals surface area contributed by atoms with E-state index in [4.69, 9.17) is 4.74 Å². The number of H-pyrrole nitrogens is 2. The highest BCUT2D eigenvalue weighted by Gasteiger charge is 2.26. The molecule has 8 heteroatoms. The molecule has 0 saturated heterocycles. The molecular weight excluding hydrogens is 328 g/mol. The van der Waals surface area contributed by atoms with Gasteiger partial charge >= 0.3 is 0 Å². The Labute approximate surface area is 141 Å². The van der Waals surface area contributed by atoms with Crippen LogP contribution in [0.3, 0.4) is 0 Å². The number of ether oxygens (including phenoxy) is 1. The lowest BCUT2D eigenvalue weighted by molar-refractivity contribution is -0.116. The Morgan fingerprint density at radius 3 is 3.00 bits per heavy atom. The minimum atomic E-state index is -0.205. The van der Waals surface area contributed by atoms with E-state index in [0.29, 0.717) is 22.9 Å². The van der Waals surface area contributed by atoms with Gasteiger partial charge in [-0.3, -0.25) is 14.7 Å². The topological polar surface area (TPSA) is 91.1 Å². The molecule has 0 aliphatic carbocycles. The summed E-state index contributed by atoms with van der Waals surface area (Å²) in [5.74, 6) is 1.15. The minimum Gasteiger partial charge on any atom is -0.491 e. The van der Waals surface area contributed by atoms with Crippen LogP contribution in [0.2, 0.25) is 0 Å². The van der Waals surface area contributed by atoms with E-state index in [9.17, 15) is 9.59 Å². The molecule has 1 amide bonds. The number of hydrogen-bond donors (Lipinski definition) is 2. The predicted molar refractivity (Wildman–Crippen MR) is 92.9 cm³/mol. The van der Waals surface area contributed by atoms with Crippen LogP contribution < -0.4 is 15.2 Å². The minimum absolute atomic E-state index is 0.127. The van der Waals surface area contributed by atoms with E-state index in [2.05, 4.69) is 15.2 Å². The normalized spacial score (nSPS) is 13.6. The van der Waals surface area contributed by atoms with Crippen LogP contribution in [0.1, 0.15) is 18.9 Å². The second-order valence-corrected chi connectivity index (χ2v) is 6.78. The molecule has 0 aromatic carbocycles. The number of nitrogens with one attached hydrogen (secondary N) is 2.